The molecule has 1 saturated carbocycles. The fraction of sp³-hybridized carbons (Fsp3) is 0.727. The van der Waals surface area contributed by atoms with Gasteiger partial charge in [0.15, 0.2) is 0 Å². The van der Waals surface area contributed by atoms with Crippen LogP contribution in [0.1, 0.15) is 32.1 Å². The van der Waals surface area contributed by atoms with E-state index in [0.29, 0.717) is 12.3 Å². The molecule has 1 aliphatic carbocycles. The maximum Gasteiger partial charge on any atom is 0.123 e. The highest BCUT2D eigenvalue weighted by molar-refractivity contribution is 5.53. The summed E-state index contributed by atoms with van der Waals surface area (Å²) in [5.41, 5.74) is 0. The van der Waals surface area contributed by atoms with Crippen LogP contribution in [0, 0.1) is 11.8 Å². The van der Waals surface area contributed by atoms with Crippen LogP contribution >= 0.6 is 0 Å². The zero-order chi connectivity index (χ0) is 9.68. The van der Waals surface area contributed by atoms with E-state index in [1.54, 1.807) is 6.08 Å². The van der Waals surface area contributed by atoms with Crippen LogP contribution in [0.25, 0.3) is 0 Å². The third-order valence-electron chi connectivity index (χ3n) is 2.82. The van der Waals surface area contributed by atoms with E-state index in [4.69, 9.17) is 0 Å². The van der Waals surface area contributed by atoms with Crippen molar-refractivity contribution >= 4 is 6.29 Å². The molecule has 3 atom stereocenters. The summed E-state index contributed by atoms with van der Waals surface area (Å²) in [4.78, 5) is 10.5. The minimum atomic E-state index is -0.257. The fourth-order valence-corrected chi connectivity index (χ4v) is 2.12. The van der Waals surface area contributed by atoms with Crippen molar-refractivity contribution < 1.29 is 9.90 Å². The first-order valence-electron chi connectivity index (χ1n) is 5.00. The average Bonchev–Trinajstić information content (AvgIpc) is 2.52. The van der Waals surface area contributed by atoms with Gasteiger partial charge in [0.25, 0.3) is 0 Å². The lowest BCUT2D eigenvalue weighted by molar-refractivity contribution is -0.111. The molecule has 0 amide bonds. The molecule has 2 nitrogen and oxygen atoms in total. The standard InChI is InChI=1S/C11H18O2/c1-2-3-11(13)7-9-4-5-10(6-9)8-12/h2,8-11,13H,1,3-7H2. The smallest absolute Gasteiger partial charge is 0.123 e. The third kappa shape index (κ3) is 3.31. The molecule has 1 rings (SSSR count). The molecule has 2 heteroatoms. The molecule has 0 heterocycles. The van der Waals surface area contributed by atoms with Gasteiger partial charge in [0.05, 0.1) is 6.10 Å². The van der Waals surface area contributed by atoms with Crippen molar-refractivity contribution in [2.45, 2.75) is 38.2 Å². The van der Waals surface area contributed by atoms with E-state index in [1.807, 2.05) is 0 Å². The molecule has 1 fully saturated rings. The highest BCUT2D eigenvalue weighted by atomic mass is 16.3. The average molecular weight is 182 g/mol. The van der Waals surface area contributed by atoms with Crippen LogP contribution in [0.3, 0.4) is 0 Å². The van der Waals surface area contributed by atoms with Crippen molar-refractivity contribution in [1.29, 1.82) is 0 Å². The topological polar surface area (TPSA) is 37.3 Å². The Labute approximate surface area is 79.6 Å². The van der Waals surface area contributed by atoms with E-state index >= 15 is 0 Å². The molecule has 0 bridgehead atoms. The van der Waals surface area contributed by atoms with Crippen molar-refractivity contribution in [2.75, 3.05) is 0 Å². The second kappa shape index (κ2) is 5.18. The van der Waals surface area contributed by atoms with Gasteiger partial charge in [0.2, 0.25) is 0 Å². The van der Waals surface area contributed by atoms with Crippen LogP contribution in [0.5, 0.6) is 0 Å². The molecule has 0 aromatic heterocycles. The van der Waals surface area contributed by atoms with Gasteiger partial charge in [0.1, 0.15) is 6.29 Å². The summed E-state index contributed by atoms with van der Waals surface area (Å²) in [7, 11) is 0. The normalized spacial score (nSPS) is 29.9. The zero-order valence-corrected chi connectivity index (χ0v) is 7.98. The van der Waals surface area contributed by atoms with Crippen molar-refractivity contribution in [2.24, 2.45) is 11.8 Å². The summed E-state index contributed by atoms with van der Waals surface area (Å²) in [5.74, 6) is 0.797. The van der Waals surface area contributed by atoms with Crippen LogP contribution in [-0.2, 0) is 4.79 Å². The van der Waals surface area contributed by atoms with Crippen LogP contribution < -0.4 is 0 Å². The second-order valence-electron chi connectivity index (χ2n) is 3.99. The van der Waals surface area contributed by atoms with Crippen LogP contribution in [0.4, 0.5) is 0 Å². The van der Waals surface area contributed by atoms with E-state index in [0.717, 1.165) is 32.0 Å². The van der Waals surface area contributed by atoms with E-state index in [1.165, 1.54) is 0 Å². The molecule has 3 unspecified atom stereocenters. The maximum atomic E-state index is 10.5. The number of aliphatic hydroxyl groups is 1. The van der Waals surface area contributed by atoms with E-state index in [2.05, 4.69) is 6.58 Å². The fourth-order valence-electron chi connectivity index (χ4n) is 2.12. The van der Waals surface area contributed by atoms with E-state index in [9.17, 15) is 9.90 Å². The number of rotatable bonds is 5. The molecule has 13 heavy (non-hydrogen) atoms. The van der Waals surface area contributed by atoms with Gasteiger partial charge < -0.3 is 9.90 Å². The molecule has 0 aromatic rings. The molecule has 1 aliphatic rings. The highest BCUT2D eigenvalue weighted by Crippen LogP contribution is 2.32. The SMILES string of the molecule is C=CCC(O)CC1CCC(C=O)C1. The lowest BCUT2D eigenvalue weighted by Gasteiger charge is -2.13. The quantitative estimate of drug-likeness (QED) is 0.521. The van der Waals surface area contributed by atoms with Gasteiger partial charge in [-0.2, -0.15) is 0 Å². The third-order valence-corrected chi connectivity index (χ3v) is 2.82. The van der Waals surface area contributed by atoms with Gasteiger partial charge >= 0.3 is 0 Å². The van der Waals surface area contributed by atoms with Crippen molar-refractivity contribution in [1.82, 2.24) is 0 Å². The molecule has 0 aliphatic heterocycles. The van der Waals surface area contributed by atoms with E-state index in [-0.39, 0.29) is 12.0 Å². The summed E-state index contributed by atoms with van der Waals surface area (Å²) in [6.07, 6.45) is 7.12. The minimum Gasteiger partial charge on any atom is -0.393 e. The number of aldehydes is 1. The molecule has 74 valence electrons. The number of carbonyl (C=O) groups excluding carboxylic acids is 1. The molecular formula is C11H18O2. The molecule has 1 N–H and O–H groups in total. The predicted octanol–water partition coefficient (Wildman–Crippen LogP) is 1.93. The van der Waals surface area contributed by atoms with Crippen molar-refractivity contribution in [3.05, 3.63) is 12.7 Å². The van der Waals surface area contributed by atoms with Gasteiger partial charge in [0, 0.05) is 5.92 Å². The monoisotopic (exact) mass is 182 g/mol. The molecule has 0 aromatic carbocycles. The van der Waals surface area contributed by atoms with Gasteiger partial charge in [-0.25, -0.2) is 0 Å². The van der Waals surface area contributed by atoms with Gasteiger partial charge in [-0.3, -0.25) is 0 Å². The molecule has 0 spiro atoms. The first-order chi connectivity index (χ1) is 6.26. The Hall–Kier alpha value is -0.630. The summed E-state index contributed by atoms with van der Waals surface area (Å²) in [6, 6.07) is 0. The Morgan fingerprint density at radius 2 is 2.31 bits per heavy atom. The number of hydrogen-bond donors (Lipinski definition) is 1. The Morgan fingerprint density at radius 1 is 1.54 bits per heavy atom. The van der Waals surface area contributed by atoms with E-state index < -0.39 is 0 Å². The van der Waals surface area contributed by atoms with Crippen LogP contribution in [-0.4, -0.2) is 17.5 Å². The predicted molar refractivity (Wildman–Crippen MR) is 52.3 cm³/mol. The van der Waals surface area contributed by atoms with Gasteiger partial charge in [-0.15, -0.1) is 6.58 Å². The van der Waals surface area contributed by atoms with Crippen molar-refractivity contribution in [3.63, 3.8) is 0 Å². The summed E-state index contributed by atoms with van der Waals surface area (Å²) in [5, 5.41) is 9.51. The first-order valence-corrected chi connectivity index (χ1v) is 5.00. The Kier molecular flexibility index (Phi) is 4.16. The summed E-state index contributed by atoms with van der Waals surface area (Å²) in [6.45, 7) is 3.59. The Bertz CT molecular complexity index is 177. The number of aliphatic hydroxyl groups excluding tert-OH is 1. The Balaban J connectivity index is 2.23. The minimum absolute atomic E-state index is 0.251. The maximum absolute atomic E-state index is 10.5. The van der Waals surface area contributed by atoms with Crippen LogP contribution in [0.15, 0.2) is 12.7 Å². The number of hydrogen-bond acceptors (Lipinski definition) is 2. The largest absolute Gasteiger partial charge is 0.393 e. The Morgan fingerprint density at radius 3 is 2.85 bits per heavy atom. The summed E-state index contributed by atoms with van der Waals surface area (Å²) < 4.78 is 0. The lowest BCUT2D eigenvalue weighted by atomic mass is 9.97. The molecule has 0 saturated heterocycles. The lowest BCUT2D eigenvalue weighted by Crippen LogP contribution is -2.11. The first kappa shape index (κ1) is 10.5. The number of carbonyl (C=O) groups is 1. The molecular weight excluding hydrogens is 164 g/mol. The van der Waals surface area contributed by atoms with Crippen LogP contribution in [0.2, 0.25) is 0 Å². The highest BCUT2D eigenvalue weighted by Gasteiger charge is 2.25. The zero-order valence-electron chi connectivity index (χ0n) is 7.98. The van der Waals surface area contributed by atoms with Gasteiger partial charge in [-0.1, -0.05) is 6.08 Å². The summed E-state index contributed by atoms with van der Waals surface area (Å²) >= 11 is 0. The van der Waals surface area contributed by atoms with Gasteiger partial charge in [-0.05, 0) is 38.0 Å². The van der Waals surface area contributed by atoms with Crippen molar-refractivity contribution in [3.8, 4) is 0 Å². The second-order valence-corrected chi connectivity index (χ2v) is 3.99. The molecule has 0 radical (unpaired) electrons.